The van der Waals surface area contributed by atoms with Gasteiger partial charge in [0.25, 0.3) is 5.91 Å². The molecule has 5 rings (SSSR count). The van der Waals surface area contributed by atoms with E-state index < -0.39 is 74.9 Å². The van der Waals surface area contributed by atoms with E-state index in [0.717, 1.165) is 23.1 Å². The Morgan fingerprint density at radius 2 is 1.55 bits per heavy atom. The number of rotatable bonds is 10. The number of nitrogens with zero attached hydrogens (tertiary/aromatic N) is 2. The van der Waals surface area contributed by atoms with Gasteiger partial charge in [-0.05, 0) is 73.5 Å². The number of benzene rings is 4. The monoisotopic (exact) mass is 729 g/mol. The Bertz CT molecular complexity index is 2150. The second kappa shape index (κ2) is 13.8. The first-order chi connectivity index (χ1) is 23.9. The largest absolute Gasteiger partial charge is 0.419 e. The van der Waals surface area contributed by atoms with E-state index in [1.54, 1.807) is 30.3 Å². The van der Waals surface area contributed by atoms with Crippen molar-refractivity contribution < 1.29 is 49.5 Å². The summed E-state index contributed by atoms with van der Waals surface area (Å²) in [4.78, 5) is 53.0. The predicted octanol–water partition coefficient (Wildman–Crippen LogP) is 7.13. The first-order valence-electron chi connectivity index (χ1n) is 14.9. The fourth-order valence-electron chi connectivity index (χ4n) is 5.27. The van der Waals surface area contributed by atoms with E-state index in [2.05, 4.69) is 15.4 Å². The minimum atomic E-state index is -5.11. The van der Waals surface area contributed by atoms with Crippen LogP contribution >= 0.6 is 0 Å². The van der Waals surface area contributed by atoms with Gasteiger partial charge in [0, 0.05) is 5.56 Å². The molecule has 1 heterocycles. The van der Waals surface area contributed by atoms with Crippen LogP contribution in [0.3, 0.4) is 0 Å². The molecule has 3 N–H and O–H groups in total. The molecule has 0 aliphatic carbocycles. The predicted molar refractivity (Wildman–Crippen MR) is 177 cm³/mol. The van der Waals surface area contributed by atoms with E-state index in [0.29, 0.717) is 28.9 Å². The molecule has 1 saturated heterocycles. The molecule has 0 bridgehead atoms. The Morgan fingerprint density at radius 3 is 2.22 bits per heavy atom. The lowest BCUT2D eigenvalue weighted by atomic mass is 10.0. The third-order valence-corrected chi connectivity index (χ3v) is 9.12. The van der Waals surface area contributed by atoms with Crippen LogP contribution in [0.25, 0.3) is 0 Å². The molecular formula is C34H28F5N5O6S. The summed E-state index contributed by atoms with van der Waals surface area (Å²) < 4.78 is 96.8. The Hall–Kier alpha value is -5.84. The Balaban J connectivity index is 1.38. The number of alkyl halides is 3. The number of sulfonamides is 1. The molecule has 17 heteroatoms. The fraction of sp³-hybridized carbons (Fsp3) is 0.176. The molecule has 0 radical (unpaired) electrons. The summed E-state index contributed by atoms with van der Waals surface area (Å²) in [7, 11) is -4.04. The highest BCUT2D eigenvalue weighted by atomic mass is 32.2. The molecule has 1 aliphatic rings. The SMILES string of the molecule is CC1(C)C(=O)N(c2ccc(F)c(C(F)(F)F)c2)C(=O)N1Cc1ccc(F)cc1NC(=O)Nc1ccc(C=O)cc1NS(=O)(=O)Cc1ccccc1. The van der Waals surface area contributed by atoms with Crippen molar-refractivity contribution in [2.75, 3.05) is 20.3 Å². The zero-order valence-electron chi connectivity index (χ0n) is 26.7. The minimum absolute atomic E-state index is 0.0812. The summed E-state index contributed by atoms with van der Waals surface area (Å²) in [5, 5.41) is 4.86. The Kier molecular flexibility index (Phi) is 9.87. The van der Waals surface area contributed by atoms with Crippen LogP contribution in [0, 0.1) is 11.6 Å². The van der Waals surface area contributed by atoms with Crippen LogP contribution in [0.1, 0.15) is 40.9 Å². The number of imide groups is 1. The first-order valence-corrected chi connectivity index (χ1v) is 16.6. The van der Waals surface area contributed by atoms with Crippen molar-refractivity contribution in [3.8, 4) is 0 Å². The zero-order chi connectivity index (χ0) is 37.3. The van der Waals surface area contributed by atoms with E-state index in [1.807, 2.05) is 0 Å². The van der Waals surface area contributed by atoms with Crippen molar-refractivity contribution in [3.05, 3.63) is 119 Å². The van der Waals surface area contributed by atoms with Crippen LogP contribution in [0.4, 0.5) is 54.3 Å². The lowest BCUT2D eigenvalue weighted by Gasteiger charge is -2.28. The average Bonchev–Trinajstić information content (AvgIpc) is 3.21. The third kappa shape index (κ3) is 7.98. The maximum atomic E-state index is 14.4. The number of hydrogen-bond donors (Lipinski definition) is 3. The first kappa shape index (κ1) is 36.4. The van der Waals surface area contributed by atoms with Gasteiger partial charge in [-0.15, -0.1) is 0 Å². The van der Waals surface area contributed by atoms with Gasteiger partial charge in [0.2, 0.25) is 10.0 Å². The van der Waals surface area contributed by atoms with Gasteiger partial charge in [0.1, 0.15) is 23.5 Å². The molecule has 0 spiro atoms. The number of carbonyl (C=O) groups excluding carboxylic acids is 4. The molecule has 1 aliphatic heterocycles. The molecule has 4 aromatic carbocycles. The highest BCUT2D eigenvalue weighted by Gasteiger charge is 2.52. The molecular weight excluding hydrogens is 701 g/mol. The topological polar surface area (TPSA) is 145 Å². The van der Waals surface area contributed by atoms with Gasteiger partial charge in [0.15, 0.2) is 0 Å². The molecule has 51 heavy (non-hydrogen) atoms. The normalized spacial score (nSPS) is 14.4. The van der Waals surface area contributed by atoms with Crippen molar-refractivity contribution >= 4 is 57.0 Å². The maximum Gasteiger partial charge on any atom is 0.419 e. The molecule has 266 valence electrons. The van der Waals surface area contributed by atoms with E-state index in [-0.39, 0.29) is 28.2 Å². The number of aldehydes is 1. The highest BCUT2D eigenvalue weighted by molar-refractivity contribution is 7.91. The summed E-state index contributed by atoms with van der Waals surface area (Å²) in [6.07, 6.45) is -4.64. The van der Waals surface area contributed by atoms with Crippen molar-refractivity contribution in [3.63, 3.8) is 0 Å². The standard InChI is InChI=1S/C34H28F5N5O6S/c1-33(2)30(46)44(24-11-12-26(36)25(16-24)34(37,38)39)32(48)43(33)17-22-9-10-23(35)15-28(22)41-31(47)40-27-13-8-21(18-45)14-29(27)42-51(49,50)19-20-6-4-3-5-7-20/h3-16,18,42H,17,19H2,1-2H3,(H2,40,41,47). The fourth-order valence-corrected chi connectivity index (χ4v) is 6.48. The molecule has 0 atom stereocenters. The highest BCUT2D eigenvalue weighted by Crippen LogP contribution is 2.38. The molecule has 5 amide bonds. The lowest BCUT2D eigenvalue weighted by Crippen LogP contribution is -2.43. The van der Waals surface area contributed by atoms with Gasteiger partial charge in [-0.3, -0.25) is 14.3 Å². The Labute approximate surface area is 288 Å². The van der Waals surface area contributed by atoms with Gasteiger partial charge in [-0.25, -0.2) is 31.7 Å². The lowest BCUT2D eigenvalue weighted by molar-refractivity contribution is -0.140. The molecule has 11 nitrogen and oxygen atoms in total. The molecule has 0 aromatic heterocycles. The number of halogens is 5. The van der Waals surface area contributed by atoms with Crippen LogP contribution in [0.15, 0.2) is 84.9 Å². The van der Waals surface area contributed by atoms with Gasteiger partial charge >= 0.3 is 18.2 Å². The molecule has 0 unspecified atom stereocenters. The second-order valence-electron chi connectivity index (χ2n) is 11.9. The number of nitrogens with one attached hydrogen (secondary N) is 3. The summed E-state index contributed by atoms with van der Waals surface area (Å²) in [6.45, 7) is 2.21. The van der Waals surface area contributed by atoms with Crippen molar-refractivity contribution in [2.45, 2.75) is 37.9 Å². The minimum Gasteiger partial charge on any atom is -0.307 e. The molecule has 1 fully saturated rings. The van der Waals surface area contributed by atoms with Gasteiger partial charge < -0.3 is 15.5 Å². The second-order valence-corrected chi connectivity index (χ2v) is 13.6. The van der Waals surface area contributed by atoms with Crippen LogP contribution < -0.4 is 20.3 Å². The average molecular weight is 730 g/mol. The number of urea groups is 2. The number of amides is 5. The Morgan fingerprint density at radius 1 is 0.863 bits per heavy atom. The maximum absolute atomic E-state index is 14.4. The van der Waals surface area contributed by atoms with E-state index in [9.17, 15) is 49.5 Å². The summed E-state index contributed by atoms with van der Waals surface area (Å²) in [5.41, 5.74) is -3.63. The van der Waals surface area contributed by atoms with Crippen LogP contribution in [-0.4, -0.2) is 43.1 Å². The van der Waals surface area contributed by atoms with E-state index in [4.69, 9.17) is 0 Å². The van der Waals surface area contributed by atoms with Gasteiger partial charge in [0.05, 0.1) is 40.6 Å². The van der Waals surface area contributed by atoms with Gasteiger partial charge in [-0.1, -0.05) is 36.4 Å². The van der Waals surface area contributed by atoms with Gasteiger partial charge in [-0.2, -0.15) is 13.2 Å². The van der Waals surface area contributed by atoms with Crippen molar-refractivity contribution in [1.29, 1.82) is 0 Å². The van der Waals surface area contributed by atoms with E-state index >= 15 is 0 Å². The van der Waals surface area contributed by atoms with Crippen LogP contribution in [0.5, 0.6) is 0 Å². The number of carbonyl (C=O) groups is 4. The molecule has 4 aromatic rings. The summed E-state index contributed by atoms with van der Waals surface area (Å²) >= 11 is 0. The smallest absolute Gasteiger partial charge is 0.307 e. The van der Waals surface area contributed by atoms with Crippen LogP contribution in [0.2, 0.25) is 0 Å². The number of hydrogen-bond acceptors (Lipinski definition) is 6. The third-order valence-electron chi connectivity index (χ3n) is 7.88. The van der Waals surface area contributed by atoms with E-state index in [1.165, 1.54) is 38.1 Å². The zero-order valence-corrected chi connectivity index (χ0v) is 27.5. The summed E-state index contributed by atoms with van der Waals surface area (Å²) in [6, 6.07) is 14.8. The molecule has 0 saturated carbocycles. The number of anilines is 4. The van der Waals surface area contributed by atoms with Crippen LogP contribution in [-0.2, 0) is 33.3 Å². The quantitative estimate of drug-likeness (QED) is 0.0900. The van der Waals surface area contributed by atoms with Crippen molar-refractivity contribution in [1.82, 2.24) is 4.90 Å². The summed E-state index contributed by atoms with van der Waals surface area (Å²) in [5.74, 6) is -3.76. The van der Waals surface area contributed by atoms with Crippen molar-refractivity contribution in [2.24, 2.45) is 0 Å².